The first kappa shape index (κ1) is 23.4. The zero-order valence-electron chi connectivity index (χ0n) is 18.1. The largest absolute Gasteiger partial charge is 0.352 e. The Morgan fingerprint density at radius 3 is 2.16 bits per heavy atom. The van der Waals surface area contributed by atoms with Crippen LogP contribution in [0.15, 0.2) is 48.5 Å². The number of carbonyl (C=O) groups excluding carboxylic acids is 3. The van der Waals surface area contributed by atoms with Crippen molar-refractivity contribution in [2.24, 2.45) is 5.92 Å². The van der Waals surface area contributed by atoms with Crippen LogP contribution >= 0.6 is 0 Å². The van der Waals surface area contributed by atoms with Gasteiger partial charge >= 0.3 is 0 Å². The van der Waals surface area contributed by atoms with E-state index < -0.39 is 23.6 Å². The van der Waals surface area contributed by atoms with E-state index in [9.17, 15) is 23.2 Å². The highest BCUT2D eigenvalue weighted by molar-refractivity contribution is 5.97. The average molecular weight is 443 g/mol. The molecule has 0 aromatic heterocycles. The molecule has 0 spiro atoms. The lowest BCUT2D eigenvalue weighted by molar-refractivity contribution is -0.125. The minimum atomic E-state index is -0.790. The van der Waals surface area contributed by atoms with E-state index in [1.165, 1.54) is 42.5 Å². The normalized spacial score (nSPS) is 15.3. The quantitative estimate of drug-likeness (QED) is 0.720. The van der Waals surface area contributed by atoms with Crippen LogP contribution in [0, 0.1) is 17.6 Å². The number of benzene rings is 2. The molecular formula is C24H27F2N3O3. The Hall–Kier alpha value is -3.29. The van der Waals surface area contributed by atoms with Crippen molar-refractivity contribution in [2.45, 2.75) is 38.8 Å². The smallest absolute Gasteiger partial charge is 0.253 e. The van der Waals surface area contributed by atoms with Crippen LogP contribution in [-0.2, 0) is 4.79 Å². The first-order valence-corrected chi connectivity index (χ1v) is 10.7. The summed E-state index contributed by atoms with van der Waals surface area (Å²) in [4.78, 5) is 39.8. The summed E-state index contributed by atoms with van der Waals surface area (Å²) in [5.41, 5.74) is 0.537. The summed E-state index contributed by atoms with van der Waals surface area (Å²) in [6.45, 7) is 4.43. The molecule has 0 radical (unpaired) electrons. The third-order valence-electron chi connectivity index (χ3n) is 5.48. The van der Waals surface area contributed by atoms with E-state index in [0.29, 0.717) is 25.9 Å². The van der Waals surface area contributed by atoms with Gasteiger partial charge in [-0.25, -0.2) is 8.78 Å². The molecule has 0 saturated carbocycles. The molecule has 1 aliphatic heterocycles. The summed E-state index contributed by atoms with van der Waals surface area (Å²) in [6, 6.07) is 9.75. The zero-order valence-corrected chi connectivity index (χ0v) is 18.1. The number of nitrogens with zero attached hydrogens (tertiary/aromatic N) is 1. The highest BCUT2D eigenvalue weighted by atomic mass is 19.1. The highest BCUT2D eigenvalue weighted by Gasteiger charge is 2.34. The maximum Gasteiger partial charge on any atom is 0.253 e. The molecule has 1 aliphatic rings. The number of carbonyl (C=O) groups is 3. The van der Waals surface area contributed by atoms with E-state index in [4.69, 9.17) is 0 Å². The maximum absolute atomic E-state index is 13.5. The Kier molecular flexibility index (Phi) is 7.56. The topological polar surface area (TPSA) is 78.5 Å². The van der Waals surface area contributed by atoms with Crippen LogP contribution in [0.3, 0.4) is 0 Å². The lowest BCUT2D eigenvalue weighted by atomic mass is 9.88. The van der Waals surface area contributed by atoms with E-state index in [2.05, 4.69) is 10.6 Å². The van der Waals surface area contributed by atoms with Gasteiger partial charge in [-0.1, -0.05) is 6.07 Å². The number of rotatable bonds is 6. The van der Waals surface area contributed by atoms with Gasteiger partial charge in [0.1, 0.15) is 17.7 Å². The van der Waals surface area contributed by atoms with Gasteiger partial charge < -0.3 is 15.5 Å². The van der Waals surface area contributed by atoms with Crippen LogP contribution in [0.4, 0.5) is 8.78 Å². The molecule has 1 heterocycles. The van der Waals surface area contributed by atoms with Crippen molar-refractivity contribution in [1.29, 1.82) is 0 Å². The van der Waals surface area contributed by atoms with Gasteiger partial charge in [0, 0.05) is 30.3 Å². The highest BCUT2D eigenvalue weighted by Crippen LogP contribution is 2.23. The molecule has 3 rings (SSSR count). The molecule has 6 nitrogen and oxygen atoms in total. The molecular weight excluding hydrogens is 416 g/mol. The summed E-state index contributed by atoms with van der Waals surface area (Å²) in [5.74, 6) is -2.14. The molecule has 1 atom stereocenters. The van der Waals surface area contributed by atoms with Gasteiger partial charge in [0.2, 0.25) is 5.91 Å². The molecule has 2 N–H and O–H groups in total. The fourth-order valence-corrected chi connectivity index (χ4v) is 3.84. The van der Waals surface area contributed by atoms with Gasteiger partial charge in [0.15, 0.2) is 0 Å². The van der Waals surface area contributed by atoms with Crippen molar-refractivity contribution < 1.29 is 23.2 Å². The number of hydrogen-bond acceptors (Lipinski definition) is 3. The summed E-state index contributed by atoms with van der Waals surface area (Å²) in [5, 5.41) is 5.62. The standard InChI is InChI=1S/C24H27F2N3O3/c1-15(2)27-23(31)21(28-22(30)17-6-8-19(25)9-7-17)16-10-12-29(13-11-16)24(32)18-4-3-5-20(26)14-18/h3-9,14-16,21H,10-13H2,1-2H3,(H,27,31)(H,28,30)/t21-/m0/s1. The molecule has 170 valence electrons. The van der Waals surface area contributed by atoms with Crippen LogP contribution in [0.25, 0.3) is 0 Å². The second-order valence-corrected chi connectivity index (χ2v) is 8.26. The monoisotopic (exact) mass is 443 g/mol. The summed E-state index contributed by atoms with van der Waals surface area (Å²) < 4.78 is 26.6. The minimum Gasteiger partial charge on any atom is -0.352 e. The molecule has 3 amide bonds. The molecule has 8 heteroatoms. The van der Waals surface area contributed by atoms with Gasteiger partial charge in [-0.2, -0.15) is 0 Å². The lowest BCUT2D eigenvalue weighted by Crippen LogP contribution is -2.54. The Bertz CT molecular complexity index is 971. The van der Waals surface area contributed by atoms with Crippen LogP contribution in [0.2, 0.25) is 0 Å². The van der Waals surface area contributed by atoms with Crippen molar-refractivity contribution in [3.63, 3.8) is 0 Å². The molecule has 0 aliphatic carbocycles. The fourth-order valence-electron chi connectivity index (χ4n) is 3.84. The number of likely N-dealkylation sites (tertiary alicyclic amines) is 1. The summed E-state index contributed by atoms with van der Waals surface area (Å²) in [7, 11) is 0. The van der Waals surface area contributed by atoms with Crippen LogP contribution in [-0.4, -0.2) is 47.8 Å². The Morgan fingerprint density at radius 2 is 1.56 bits per heavy atom. The second-order valence-electron chi connectivity index (χ2n) is 8.26. The number of piperidine rings is 1. The van der Waals surface area contributed by atoms with E-state index >= 15 is 0 Å². The minimum absolute atomic E-state index is 0.109. The molecule has 1 saturated heterocycles. The van der Waals surface area contributed by atoms with Gasteiger partial charge in [0.25, 0.3) is 11.8 Å². The van der Waals surface area contributed by atoms with Crippen molar-refractivity contribution >= 4 is 17.7 Å². The van der Waals surface area contributed by atoms with E-state index in [-0.39, 0.29) is 34.9 Å². The fraction of sp³-hybridized carbons (Fsp3) is 0.375. The average Bonchev–Trinajstić information content (AvgIpc) is 2.77. The maximum atomic E-state index is 13.5. The predicted octanol–water partition coefficient (Wildman–Crippen LogP) is 3.14. The number of halogens is 2. The van der Waals surface area contributed by atoms with Crippen molar-refractivity contribution in [2.75, 3.05) is 13.1 Å². The van der Waals surface area contributed by atoms with Gasteiger partial charge in [-0.15, -0.1) is 0 Å². The Morgan fingerprint density at radius 1 is 0.906 bits per heavy atom. The van der Waals surface area contributed by atoms with Gasteiger partial charge in [-0.3, -0.25) is 14.4 Å². The van der Waals surface area contributed by atoms with Crippen molar-refractivity contribution in [3.8, 4) is 0 Å². The second kappa shape index (κ2) is 10.3. The van der Waals surface area contributed by atoms with Gasteiger partial charge in [-0.05, 0) is 75.1 Å². The number of nitrogens with one attached hydrogen (secondary N) is 2. The summed E-state index contributed by atoms with van der Waals surface area (Å²) >= 11 is 0. The summed E-state index contributed by atoms with van der Waals surface area (Å²) in [6.07, 6.45) is 1.00. The van der Waals surface area contributed by atoms with Gasteiger partial charge in [0.05, 0.1) is 0 Å². The predicted molar refractivity (Wildman–Crippen MR) is 116 cm³/mol. The molecule has 0 bridgehead atoms. The third kappa shape index (κ3) is 5.90. The molecule has 32 heavy (non-hydrogen) atoms. The molecule has 2 aromatic rings. The first-order valence-electron chi connectivity index (χ1n) is 10.7. The molecule has 1 fully saturated rings. The number of hydrogen-bond donors (Lipinski definition) is 2. The van der Waals surface area contributed by atoms with E-state index in [0.717, 1.165) is 0 Å². The van der Waals surface area contributed by atoms with Crippen LogP contribution < -0.4 is 10.6 Å². The van der Waals surface area contributed by atoms with Crippen LogP contribution in [0.5, 0.6) is 0 Å². The Balaban J connectivity index is 1.69. The van der Waals surface area contributed by atoms with Crippen LogP contribution in [0.1, 0.15) is 47.4 Å². The van der Waals surface area contributed by atoms with Crippen molar-refractivity contribution in [3.05, 3.63) is 71.3 Å². The molecule has 2 aromatic carbocycles. The third-order valence-corrected chi connectivity index (χ3v) is 5.48. The number of amides is 3. The lowest BCUT2D eigenvalue weighted by Gasteiger charge is -2.36. The van der Waals surface area contributed by atoms with E-state index in [1.54, 1.807) is 11.0 Å². The molecule has 0 unspecified atom stereocenters. The SMILES string of the molecule is CC(C)NC(=O)[C@@H](NC(=O)c1ccc(F)cc1)C1CCN(C(=O)c2cccc(F)c2)CC1. The van der Waals surface area contributed by atoms with Crippen molar-refractivity contribution in [1.82, 2.24) is 15.5 Å². The zero-order chi connectivity index (χ0) is 23.3. The first-order chi connectivity index (χ1) is 15.2. The van der Waals surface area contributed by atoms with E-state index in [1.807, 2.05) is 13.8 Å². The Labute approximate surface area is 186 Å².